The van der Waals surface area contributed by atoms with Crippen molar-refractivity contribution in [1.82, 2.24) is 5.32 Å². The van der Waals surface area contributed by atoms with Crippen molar-refractivity contribution in [3.05, 3.63) is 11.6 Å². The minimum Gasteiger partial charge on any atom is -0.310 e. The van der Waals surface area contributed by atoms with E-state index in [4.69, 9.17) is 0 Å². The zero-order valence-electron chi connectivity index (χ0n) is 9.23. The van der Waals surface area contributed by atoms with Gasteiger partial charge in [-0.15, -0.1) is 0 Å². The lowest BCUT2D eigenvalue weighted by Gasteiger charge is -2.32. The molecule has 0 radical (unpaired) electrons. The maximum absolute atomic E-state index is 12.9. The van der Waals surface area contributed by atoms with E-state index in [9.17, 15) is 8.78 Å². The normalized spacial score (nSPS) is 36.1. The third-order valence-corrected chi connectivity index (χ3v) is 3.55. The highest BCUT2D eigenvalue weighted by Crippen LogP contribution is 2.34. The lowest BCUT2D eigenvalue weighted by Crippen LogP contribution is -2.40. The molecular weight excluding hydrogens is 196 g/mol. The Morgan fingerprint density at radius 3 is 2.73 bits per heavy atom. The van der Waals surface area contributed by atoms with Gasteiger partial charge < -0.3 is 5.32 Å². The van der Waals surface area contributed by atoms with Crippen molar-refractivity contribution in [2.45, 2.75) is 51.0 Å². The summed E-state index contributed by atoms with van der Waals surface area (Å²) < 4.78 is 25.9. The van der Waals surface area contributed by atoms with Gasteiger partial charge in [-0.2, -0.15) is 0 Å². The molecule has 0 unspecified atom stereocenters. The van der Waals surface area contributed by atoms with Gasteiger partial charge in [-0.25, -0.2) is 8.78 Å². The van der Waals surface area contributed by atoms with E-state index >= 15 is 0 Å². The van der Waals surface area contributed by atoms with Crippen molar-refractivity contribution >= 4 is 0 Å². The van der Waals surface area contributed by atoms with Gasteiger partial charge in [-0.05, 0) is 31.7 Å². The molecule has 3 heteroatoms. The number of allylic oxidation sites excluding steroid dienone is 1. The molecule has 1 heterocycles. The van der Waals surface area contributed by atoms with Gasteiger partial charge in [0.05, 0.1) is 0 Å². The summed E-state index contributed by atoms with van der Waals surface area (Å²) in [6.45, 7) is 3.25. The molecule has 15 heavy (non-hydrogen) atoms. The highest BCUT2D eigenvalue weighted by atomic mass is 19.3. The van der Waals surface area contributed by atoms with Crippen LogP contribution in [0.25, 0.3) is 0 Å². The van der Waals surface area contributed by atoms with Gasteiger partial charge in [0.25, 0.3) is 5.92 Å². The molecule has 0 aromatic carbocycles. The Morgan fingerprint density at radius 2 is 2.20 bits per heavy atom. The molecule has 86 valence electrons. The Labute approximate surface area is 89.9 Å². The van der Waals surface area contributed by atoms with E-state index in [0.29, 0.717) is 12.5 Å². The molecule has 1 nitrogen and oxygen atoms in total. The minimum absolute atomic E-state index is 0.0343. The maximum Gasteiger partial charge on any atom is 0.251 e. The van der Waals surface area contributed by atoms with Crippen LogP contribution in [0.2, 0.25) is 0 Å². The van der Waals surface area contributed by atoms with Crippen LogP contribution in [0.15, 0.2) is 11.6 Å². The van der Waals surface area contributed by atoms with E-state index in [1.54, 1.807) is 6.08 Å². The standard InChI is InChI=1S/C12H19F2N/c1-9-2-3-11(15-8-9)10-4-6-12(13,14)7-5-10/h4,9,11,15H,2-3,5-8H2,1H3/t9-,11+/m0/s1. The summed E-state index contributed by atoms with van der Waals surface area (Å²) in [7, 11) is 0. The molecule has 1 saturated heterocycles. The first kappa shape index (κ1) is 11.1. The number of alkyl halides is 2. The monoisotopic (exact) mass is 215 g/mol. The zero-order valence-corrected chi connectivity index (χ0v) is 9.23. The second kappa shape index (κ2) is 4.20. The summed E-state index contributed by atoms with van der Waals surface area (Å²) in [6.07, 6.45) is 4.63. The molecule has 0 spiro atoms. The molecule has 1 aliphatic heterocycles. The molecule has 1 aliphatic carbocycles. The average Bonchev–Trinajstić information content (AvgIpc) is 2.20. The lowest BCUT2D eigenvalue weighted by molar-refractivity contribution is -0.00957. The molecule has 2 rings (SSSR count). The fourth-order valence-electron chi connectivity index (χ4n) is 2.44. The Balaban J connectivity index is 1.92. The molecule has 0 saturated carbocycles. The van der Waals surface area contributed by atoms with Crippen molar-refractivity contribution < 1.29 is 8.78 Å². The van der Waals surface area contributed by atoms with Crippen LogP contribution < -0.4 is 5.32 Å². The van der Waals surface area contributed by atoms with Crippen molar-refractivity contribution in [1.29, 1.82) is 0 Å². The van der Waals surface area contributed by atoms with Crippen LogP contribution in [-0.2, 0) is 0 Å². The van der Waals surface area contributed by atoms with Crippen molar-refractivity contribution in [2.75, 3.05) is 6.54 Å². The van der Waals surface area contributed by atoms with Crippen molar-refractivity contribution in [2.24, 2.45) is 5.92 Å². The van der Waals surface area contributed by atoms with Gasteiger partial charge in [-0.3, -0.25) is 0 Å². The molecule has 2 aliphatic rings. The Kier molecular flexibility index (Phi) is 3.10. The van der Waals surface area contributed by atoms with Gasteiger partial charge in [0, 0.05) is 18.9 Å². The van der Waals surface area contributed by atoms with E-state index in [1.165, 1.54) is 12.0 Å². The molecule has 2 atom stereocenters. The van der Waals surface area contributed by atoms with Gasteiger partial charge in [0.15, 0.2) is 0 Å². The first-order valence-corrected chi connectivity index (χ1v) is 5.87. The van der Waals surface area contributed by atoms with Crippen LogP contribution in [-0.4, -0.2) is 18.5 Å². The second-order valence-electron chi connectivity index (χ2n) is 4.98. The second-order valence-corrected chi connectivity index (χ2v) is 4.98. The summed E-state index contributed by atoms with van der Waals surface area (Å²) >= 11 is 0. The van der Waals surface area contributed by atoms with Gasteiger partial charge >= 0.3 is 0 Å². The van der Waals surface area contributed by atoms with Crippen molar-refractivity contribution in [3.8, 4) is 0 Å². The first-order valence-electron chi connectivity index (χ1n) is 5.87. The number of halogens is 2. The summed E-state index contributed by atoms with van der Waals surface area (Å²) in [6, 6.07) is 0.372. The van der Waals surface area contributed by atoms with Gasteiger partial charge in [0.1, 0.15) is 0 Å². The molecule has 0 aromatic heterocycles. The van der Waals surface area contributed by atoms with E-state index in [2.05, 4.69) is 12.2 Å². The van der Waals surface area contributed by atoms with E-state index < -0.39 is 5.92 Å². The van der Waals surface area contributed by atoms with Crippen LogP contribution in [0.3, 0.4) is 0 Å². The van der Waals surface area contributed by atoms with Gasteiger partial charge in [-0.1, -0.05) is 18.6 Å². The van der Waals surface area contributed by atoms with Gasteiger partial charge in [0.2, 0.25) is 0 Å². The summed E-state index contributed by atoms with van der Waals surface area (Å²) in [5.41, 5.74) is 1.22. The van der Waals surface area contributed by atoms with Crippen molar-refractivity contribution in [3.63, 3.8) is 0 Å². The number of rotatable bonds is 1. The topological polar surface area (TPSA) is 12.0 Å². The Morgan fingerprint density at radius 1 is 1.40 bits per heavy atom. The fourth-order valence-corrected chi connectivity index (χ4v) is 2.44. The predicted molar refractivity (Wildman–Crippen MR) is 57.1 cm³/mol. The summed E-state index contributed by atoms with van der Waals surface area (Å²) in [4.78, 5) is 0. The highest BCUT2D eigenvalue weighted by Gasteiger charge is 2.33. The summed E-state index contributed by atoms with van der Waals surface area (Å²) in [5.74, 6) is -1.72. The number of hydrogen-bond acceptors (Lipinski definition) is 1. The molecule has 1 N–H and O–H groups in total. The third kappa shape index (κ3) is 2.77. The smallest absolute Gasteiger partial charge is 0.251 e. The highest BCUT2D eigenvalue weighted by molar-refractivity contribution is 5.16. The molecule has 1 fully saturated rings. The Hall–Kier alpha value is -0.440. The molecular formula is C12H19F2N. The van der Waals surface area contributed by atoms with E-state index in [1.807, 2.05) is 0 Å². The molecule has 0 amide bonds. The van der Waals surface area contributed by atoms with Crippen LogP contribution in [0.1, 0.15) is 39.0 Å². The zero-order chi connectivity index (χ0) is 10.9. The third-order valence-electron chi connectivity index (χ3n) is 3.55. The summed E-state index contributed by atoms with van der Waals surface area (Å²) in [5, 5.41) is 3.45. The predicted octanol–water partition coefficient (Wildman–Crippen LogP) is 3.12. The minimum atomic E-state index is -2.45. The SMILES string of the molecule is C[C@H]1CC[C@H](C2=CCC(F)(F)CC2)NC1. The van der Waals surface area contributed by atoms with E-state index in [0.717, 1.165) is 18.9 Å². The maximum atomic E-state index is 12.9. The number of nitrogens with one attached hydrogen (secondary N) is 1. The van der Waals surface area contributed by atoms with Crippen LogP contribution in [0.4, 0.5) is 8.78 Å². The van der Waals surface area contributed by atoms with E-state index in [-0.39, 0.29) is 12.8 Å². The van der Waals surface area contributed by atoms with Crippen LogP contribution in [0.5, 0.6) is 0 Å². The average molecular weight is 215 g/mol. The van der Waals surface area contributed by atoms with Crippen LogP contribution in [0, 0.1) is 5.92 Å². The van der Waals surface area contributed by atoms with Crippen LogP contribution >= 0.6 is 0 Å². The molecule has 0 bridgehead atoms. The number of piperidine rings is 1. The lowest BCUT2D eigenvalue weighted by atomic mass is 9.86. The number of hydrogen-bond donors (Lipinski definition) is 1. The Bertz CT molecular complexity index is 252. The molecule has 0 aromatic rings. The first-order chi connectivity index (χ1) is 7.07. The largest absolute Gasteiger partial charge is 0.310 e. The fraction of sp³-hybridized carbons (Fsp3) is 0.833. The quantitative estimate of drug-likeness (QED) is 0.663.